The SMILES string of the molecule is Nc1c(CO)cnn1-c1cccc(Cl)c1. The van der Waals surface area contributed by atoms with E-state index in [2.05, 4.69) is 5.10 Å². The van der Waals surface area contributed by atoms with Gasteiger partial charge in [0.2, 0.25) is 0 Å². The van der Waals surface area contributed by atoms with Gasteiger partial charge in [0.25, 0.3) is 0 Å². The fourth-order valence-electron chi connectivity index (χ4n) is 1.33. The van der Waals surface area contributed by atoms with Crippen molar-refractivity contribution >= 4 is 17.4 Å². The van der Waals surface area contributed by atoms with Gasteiger partial charge >= 0.3 is 0 Å². The summed E-state index contributed by atoms with van der Waals surface area (Å²) in [4.78, 5) is 0. The van der Waals surface area contributed by atoms with E-state index in [-0.39, 0.29) is 6.61 Å². The van der Waals surface area contributed by atoms with E-state index in [1.165, 1.54) is 10.9 Å². The lowest BCUT2D eigenvalue weighted by Gasteiger charge is -2.04. The van der Waals surface area contributed by atoms with Crippen LogP contribution in [0.15, 0.2) is 30.5 Å². The zero-order valence-corrected chi connectivity index (χ0v) is 8.65. The van der Waals surface area contributed by atoms with Crippen molar-refractivity contribution in [3.8, 4) is 5.69 Å². The third-order valence-electron chi connectivity index (χ3n) is 2.11. The second-order valence-corrected chi connectivity index (χ2v) is 3.54. The van der Waals surface area contributed by atoms with Crippen LogP contribution in [0.3, 0.4) is 0 Å². The standard InChI is InChI=1S/C10H10ClN3O/c11-8-2-1-3-9(4-8)14-10(12)7(6-15)5-13-14/h1-5,15H,6,12H2. The van der Waals surface area contributed by atoms with Gasteiger partial charge in [-0.05, 0) is 18.2 Å². The maximum absolute atomic E-state index is 8.97. The Morgan fingerprint density at radius 2 is 2.27 bits per heavy atom. The number of hydrogen-bond donors (Lipinski definition) is 2. The molecule has 4 nitrogen and oxygen atoms in total. The van der Waals surface area contributed by atoms with Crippen LogP contribution in [-0.2, 0) is 6.61 Å². The van der Waals surface area contributed by atoms with E-state index >= 15 is 0 Å². The third kappa shape index (κ3) is 1.82. The molecule has 0 amide bonds. The molecule has 1 aromatic heterocycles. The van der Waals surface area contributed by atoms with E-state index in [4.69, 9.17) is 22.4 Å². The zero-order chi connectivity index (χ0) is 10.8. The summed E-state index contributed by atoms with van der Waals surface area (Å²) in [5.41, 5.74) is 7.18. The molecule has 0 saturated heterocycles. The summed E-state index contributed by atoms with van der Waals surface area (Å²) >= 11 is 5.86. The number of aliphatic hydroxyl groups is 1. The maximum atomic E-state index is 8.97. The molecule has 0 saturated carbocycles. The summed E-state index contributed by atoms with van der Waals surface area (Å²) in [7, 11) is 0. The van der Waals surface area contributed by atoms with E-state index < -0.39 is 0 Å². The maximum Gasteiger partial charge on any atom is 0.132 e. The van der Waals surface area contributed by atoms with E-state index in [9.17, 15) is 0 Å². The number of benzene rings is 1. The Morgan fingerprint density at radius 3 is 2.87 bits per heavy atom. The molecule has 2 aromatic rings. The van der Waals surface area contributed by atoms with Crippen molar-refractivity contribution in [2.75, 3.05) is 5.73 Å². The molecule has 1 aromatic carbocycles. The van der Waals surface area contributed by atoms with Gasteiger partial charge in [-0.2, -0.15) is 5.10 Å². The van der Waals surface area contributed by atoms with Crippen LogP contribution in [0.25, 0.3) is 5.69 Å². The van der Waals surface area contributed by atoms with Crippen molar-refractivity contribution in [1.82, 2.24) is 9.78 Å². The van der Waals surface area contributed by atoms with Crippen LogP contribution in [0.1, 0.15) is 5.56 Å². The average molecular weight is 224 g/mol. The molecule has 0 radical (unpaired) electrons. The summed E-state index contributed by atoms with van der Waals surface area (Å²) in [5, 5.41) is 13.7. The monoisotopic (exact) mass is 223 g/mol. The Kier molecular flexibility index (Phi) is 2.62. The summed E-state index contributed by atoms with van der Waals surface area (Å²) in [5.74, 6) is 0.430. The summed E-state index contributed by atoms with van der Waals surface area (Å²) in [6, 6.07) is 7.19. The molecular weight excluding hydrogens is 214 g/mol. The van der Waals surface area contributed by atoms with Gasteiger partial charge < -0.3 is 10.8 Å². The highest BCUT2D eigenvalue weighted by molar-refractivity contribution is 6.30. The van der Waals surface area contributed by atoms with Gasteiger partial charge in [-0.3, -0.25) is 0 Å². The lowest BCUT2D eigenvalue weighted by Crippen LogP contribution is -2.02. The van der Waals surface area contributed by atoms with Gasteiger partial charge in [-0.15, -0.1) is 0 Å². The molecule has 0 unspecified atom stereocenters. The lowest BCUT2D eigenvalue weighted by atomic mass is 10.3. The van der Waals surface area contributed by atoms with Gasteiger partial charge in [0.1, 0.15) is 5.82 Å². The van der Waals surface area contributed by atoms with E-state index in [1.807, 2.05) is 12.1 Å². The average Bonchev–Trinajstić information content (AvgIpc) is 2.59. The quantitative estimate of drug-likeness (QED) is 0.813. The van der Waals surface area contributed by atoms with Crippen molar-refractivity contribution in [2.24, 2.45) is 0 Å². The van der Waals surface area contributed by atoms with Crippen LogP contribution in [0.2, 0.25) is 5.02 Å². The molecule has 0 fully saturated rings. The molecular formula is C10H10ClN3O. The van der Waals surface area contributed by atoms with Crippen molar-refractivity contribution in [2.45, 2.75) is 6.61 Å². The molecule has 3 N–H and O–H groups in total. The van der Waals surface area contributed by atoms with Gasteiger partial charge in [0, 0.05) is 10.6 Å². The van der Waals surface area contributed by atoms with Crippen LogP contribution in [-0.4, -0.2) is 14.9 Å². The second kappa shape index (κ2) is 3.92. The summed E-state index contributed by atoms with van der Waals surface area (Å²) in [6.07, 6.45) is 1.54. The Labute approximate surface area is 91.9 Å². The molecule has 78 valence electrons. The number of nitrogen functional groups attached to an aromatic ring is 1. The topological polar surface area (TPSA) is 64.1 Å². The molecule has 0 atom stereocenters. The van der Waals surface area contributed by atoms with E-state index in [0.717, 1.165) is 5.69 Å². The third-order valence-corrected chi connectivity index (χ3v) is 2.34. The highest BCUT2D eigenvalue weighted by Crippen LogP contribution is 2.19. The first-order valence-electron chi connectivity index (χ1n) is 4.41. The minimum Gasteiger partial charge on any atom is -0.391 e. The minimum atomic E-state index is -0.119. The van der Waals surface area contributed by atoms with Crippen LogP contribution < -0.4 is 5.73 Å². The number of rotatable bonds is 2. The Bertz CT molecular complexity index is 481. The van der Waals surface area contributed by atoms with E-state index in [0.29, 0.717) is 16.4 Å². The molecule has 0 bridgehead atoms. The lowest BCUT2D eigenvalue weighted by molar-refractivity contribution is 0.282. The van der Waals surface area contributed by atoms with Crippen molar-refractivity contribution < 1.29 is 5.11 Å². The molecule has 5 heteroatoms. The minimum absolute atomic E-state index is 0.119. The van der Waals surface area contributed by atoms with Gasteiger partial charge in [-0.25, -0.2) is 4.68 Å². The molecule has 0 spiro atoms. The first kappa shape index (κ1) is 10.0. The van der Waals surface area contributed by atoms with Crippen LogP contribution in [0, 0.1) is 0 Å². The van der Waals surface area contributed by atoms with E-state index in [1.54, 1.807) is 12.1 Å². The van der Waals surface area contributed by atoms with Gasteiger partial charge in [-0.1, -0.05) is 17.7 Å². The van der Waals surface area contributed by atoms with Crippen LogP contribution in [0.4, 0.5) is 5.82 Å². The van der Waals surface area contributed by atoms with Crippen molar-refractivity contribution in [3.05, 3.63) is 41.0 Å². The molecule has 0 aliphatic rings. The Hall–Kier alpha value is -1.52. The number of nitrogens with zero attached hydrogens (tertiary/aromatic N) is 2. The largest absolute Gasteiger partial charge is 0.391 e. The Morgan fingerprint density at radius 1 is 1.47 bits per heavy atom. The molecule has 2 rings (SSSR count). The second-order valence-electron chi connectivity index (χ2n) is 3.10. The van der Waals surface area contributed by atoms with Crippen LogP contribution in [0.5, 0.6) is 0 Å². The first-order chi connectivity index (χ1) is 7.22. The fraction of sp³-hybridized carbons (Fsp3) is 0.100. The number of anilines is 1. The highest BCUT2D eigenvalue weighted by atomic mass is 35.5. The number of aromatic nitrogens is 2. The smallest absolute Gasteiger partial charge is 0.132 e. The van der Waals surface area contributed by atoms with Crippen LogP contribution >= 0.6 is 11.6 Å². The van der Waals surface area contributed by atoms with Crippen molar-refractivity contribution in [3.63, 3.8) is 0 Å². The normalized spacial score (nSPS) is 10.5. The number of hydrogen-bond acceptors (Lipinski definition) is 3. The predicted octanol–water partition coefficient (Wildman–Crippen LogP) is 1.60. The Balaban J connectivity index is 2.49. The zero-order valence-electron chi connectivity index (χ0n) is 7.89. The van der Waals surface area contributed by atoms with Gasteiger partial charge in [0.15, 0.2) is 0 Å². The molecule has 15 heavy (non-hydrogen) atoms. The fourth-order valence-corrected chi connectivity index (χ4v) is 1.51. The molecule has 0 aliphatic carbocycles. The first-order valence-corrected chi connectivity index (χ1v) is 4.79. The molecule has 0 aliphatic heterocycles. The number of halogens is 1. The number of aliphatic hydroxyl groups excluding tert-OH is 1. The molecule has 1 heterocycles. The summed E-state index contributed by atoms with van der Waals surface area (Å²) < 4.78 is 1.54. The van der Waals surface area contributed by atoms with Crippen molar-refractivity contribution in [1.29, 1.82) is 0 Å². The summed E-state index contributed by atoms with van der Waals surface area (Å²) in [6.45, 7) is -0.119. The number of nitrogens with two attached hydrogens (primary N) is 1. The predicted molar refractivity (Wildman–Crippen MR) is 58.9 cm³/mol. The highest BCUT2D eigenvalue weighted by Gasteiger charge is 2.07. The van der Waals surface area contributed by atoms with Gasteiger partial charge in [0.05, 0.1) is 18.5 Å².